The molecule has 0 spiro atoms. The van der Waals surface area contributed by atoms with Gasteiger partial charge in [-0.2, -0.15) is 4.99 Å². The fraction of sp³-hybridized carbons (Fsp3) is 0.429. The van der Waals surface area contributed by atoms with Gasteiger partial charge in [-0.15, -0.1) is 0 Å². The van der Waals surface area contributed by atoms with Gasteiger partial charge in [0.15, 0.2) is 5.96 Å². The van der Waals surface area contributed by atoms with Crippen molar-refractivity contribution in [1.29, 1.82) is 0 Å². The summed E-state index contributed by atoms with van der Waals surface area (Å²) in [5, 5.41) is 11.4. The van der Waals surface area contributed by atoms with E-state index in [9.17, 15) is 10.1 Å². The van der Waals surface area contributed by atoms with Gasteiger partial charge in [-0.1, -0.05) is 0 Å². The van der Waals surface area contributed by atoms with E-state index in [1.165, 1.54) is 6.07 Å². The van der Waals surface area contributed by atoms with Crippen molar-refractivity contribution >= 4 is 29.0 Å². The van der Waals surface area contributed by atoms with E-state index in [1.807, 2.05) is 18.7 Å². The summed E-state index contributed by atoms with van der Waals surface area (Å²) in [4.78, 5) is 20.5. The fourth-order valence-electron chi connectivity index (χ4n) is 2.66. The number of nitro benzene ring substituents is 1. The van der Waals surface area contributed by atoms with Crippen LogP contribution in [0.4, 0.5) is 17.1 Å². The molecule has 24 heavy (non-hydrogen) atoms. The lowest BCUT2D eigenvalue weighted by Crippen LogP contribution is -2.45. The monoisotopic (exact) mass is 335 g/mol. The predicted molar refractivity (Wildman–Crippen MR) is 92.4 cm³/mol. The molecule has 0 saturated carbocycles. The van der Waals surface area contributed by atoms with Crippen molar-refractivity contribution in [2.24, 2.45) is 27.2 Å². The van der Waals surface area contributed by atoms with Gasteiger partial charge in [0.2, 0.25) is 5.96 Å². The molecule has 6 N–H and O–H groups in total. The normalized spacial score (nSPS) is 21.4. The fourth-order valence-corrected chi connectivity index (χ4v) is 2.66. The summed E-state index contributed by atoms with van der Waals surface area (Å²) in [6.45, 7) is 5.01. The largest absolute Gasteiger partial charge is 0.372 e. The van der Waals surface area contributed by atoms with E-state index in [-0.39, 0.29) is 29.8 Å². The van der Waals surface area contributed by atoms with Crippen LogP contribution in [-0.2, 0) is 4.74 Å². The zero-order valence-electron chi connectivity index (χ0n) is 13.5. The Morgan fingerprint density at radius 1 is 1.29 bits per heavy atom. The molecule has 0 aromatic heterocycles. The topological polar surface area (TPSA) is 158 Å². The first-order valence-electron chi connectivity index (χ1n) is 7.39. The van der Waals surface area contributed by atoms with Crippen molar-refractivity contribution in [2.75, 3.05) is 18.0 Å². The summed E-state index contributed by atoms with van der Waals surface area (Å²) in [6, 6.07) is 4.61. The van der Waals surface area contributed by atoms with Gasteiger partial charge in [-0.05, 0) is 26.0 Å². The summed E-state index contributed by atoms with van der Waals surface area (Å²) in [6.07, 6.45) is -0.0212. The number of ether oxygens (including phenoxy) is 1. The van der Waals surface area contributed by atoms with Crippen LogP contribution >= 0.6 is 0 Å². The molecule has 1 aromatic carbocycles. The van der Waals surface area contributed by atoms with E-state index in [2.05, 4.69) is 9.98 Å². The molecule has 0 radical (unpaired) electrons. The van der Waals surface area contributed by atoms with E-state index in [0.29, 0.717) is 24.5 Å². The third-order valence-corrected chi connectivity index (χ3v) is 3.40. The molecular formula is C14H21N7O3. The number of guanidine groups is 2. The smallest absolute Gasteiger partial charge is 0.294 e. The van der Waals surface area contributed by atoms with Gasteiger partial charge in [0, 0.05) is 19.2 Å². The first-order valence-corrected chi connectivity index (χ1v) is 7.39. The molecule has 0 bridgehead atoms. The summed E-state index contributed by atoms with van der Waals surface area (Å²) in [7, 11) is 0. The quantitative estimate of drug-likeness (QED) is 0.312. The second kappa shape index (κ2) is 7.13. The number of aliphatic imine (C=N–C) groups is 2. The molecular weight excluding hydrogens is 314 g/mol. The number of morpholine rings is 1. The third-order valence-electron chi connectivity index (χ3n) is 3.40. The van der Waals surface area contributed by atoms with Crippen molar-refractivity contribution in [2.45, 2.75) is 26.1 Å². The highest BCUT2D eigenvalue weighted by Crippen LogP contribution is 2.33. The SMILES string of the molecule is CC1CN(c2ccc(N=C(N)N=C(N)N)cc2[N+](=O)[O-])CC(C)O1. The number of anilines is 1. The molecule has 2 unspecified atom stereocenters. The maximum atomic E-state index is 11.4. The lowest BCUT2D eigenvalue weighted by atomic mass is 10.1. The first kappa shape index (κ1) is 17.5. The van der Waals surface area contributed by atoms with Crippen LogP contribution in [0, 0.1) is 10.1 Å². The van der Waals surface area contributed by atoms with Crippen molar-refractivity contribution < 1.29 is 9.66 Å². The number of benzene rings is 1. The molecule has 10 heteroatoms. The molecule has 0 amide bonds. The Hall–Kier alpha value is -2.88. The van der Waals surface area contributed by atoms with Crippen LogP contribution in [0.5, 0.6) is 0 Å². The number of rotatable bonds is 3. The Balaban J connectivity index is 2.37. The molecule has 1 aliphatic rings. The van der Waals surface area contributed by atoms with Crippen LogP contribution in [0.25, 0.3) is 0 Å². The van der Waals surface area contributed by atoms with Crippen LogP contribution in [0.1, 0.15) is 13.8 Å². The molecule has 10 nitrogen and oxygen atoms in total. The lowest BCUT2D eigenvalue weighted by Gasteiger charge is -2.36. The molecule has 1 fully saturated rings. The van der Waals surface area contributed by atoms with Gasteiger partial charge >= 0.3 is 0 Å². The van der Waals surface area contributed by atoms with Gasteiger partial charge in [0.05, 0.1) is 22.8 Å². The summed E-state index contributed by atoms with van der Waals surface area (Å²) >= 11 is 0. The highest BCUT2D eigenvalue weighted by Gasteiger charge is 2.27. The van der Waals surface area contributed by atoms with Crippen LogP contribution in [-0.4, -0.2) is 42.1 Å². The highest BCUT2D eigenvalue weighted by atomic mass is 16.6. The Morgan fingerprint density at radius 3 is 2.46 bits per heavy atom. The lowest BCUT2D eigenvalue weighted by molar-refractivity contribution is -0.384. The molecule has 1 aliphatic heterocycles. The summed E-state index contributed by atoms with van der Waals surface area (Å²) in [5.41, 5.74) is 16.7. The molecule has 1 saturated heterocycles. The number of nitrogens with two attached hydrogens (primary N) is 3. The predicted octanol–water partition coefficient (Wildman–Crippen LogP) is 0.428. The van der Waals surface area contributed by atoms with Gasteiger partial charge in [-0.3, -0.25) is 10.1 Å². The van der Waals surface area contributed by atoms with Crippen molar-refractivity contribution in [1.82, 2.24) is 0 Å². The van der Waals surface area contributed by atoms with E-state index in [0.717, 1.165) is 0 Å². The average molecular weight is 335 g/mol. The van der Waals surface area contributed by atoms with Gasteiger partial charge in [0.1, 0.15) is 5.69 Å². The Kier molecular flexibility index (Phi) is 5.19. The number of hydrogen-bond donors (Lipinski definition) is 3. The average Bonchev–Trinajstić information content (AvgIpc) is 2.45. The van der Waals surface area contributed by atoms with Crippen LogP contribution in [0.2, 0.25) is 0 Å². The molecule has 2 atom stereocenters. The second-order valence-corrected chi connectivity index (χ2v) is 5.60. The summed E-state index contributed by atoms with van der Waals surface area (Å²) < 4.78 is 5.66. The van der Waals surface area contributed by atoms with Crippen LogP contribution in [0.3, 0.4) is 0 Å². The number of nitro groups is 1. The molecule has 2 rings (SSSR count). The van der Waals surface area contributed by atoms with E-state index < -0.39 is 4.92 Å². The highest BCUT2D eigenvalue weighted by molar-refractivity contribution is 5.93. The van der Waals surface area contributed by atoms with Gasteiger partial charge in [0.25, 0.3) is 5.69 Å². The standard InChI is InChI=1S/C14H21N7O3/c1-8-6-20(7-9(2)24-8)11-4-3-10(5-12(11)21(22)23)18-14(17)19-13(15)16/h3-5,8-9H,6-7H2,1-2H3,(H6,15,16,17,18,19). The Morgan fingerprint density at radius 2 is 1.92 bits per heavy atom. The minimum atomic E-state index is -0.449. The van der Waals surface area contributed by atoms with E-state index >= 15 is 0 Å². The minimum absolute atomic E-state index is 0.0106. The van der Waals surface area contributed by atoms with Crippen LogP contribution < -0.4 is 22.1 Å². The van der Waals surface area contributed by atoms with Crippen molar-refractivity contribution in [3.05, 3.63) is 28.3 Å². The number of hydrogen-bond acceptors (Lipinski definition) is 5. The molecule has 1 heterocycles. The maximum absolute atomic E-state index is 11.4. The van der Waals surface area contributed by atoms with Crippen LogP contribution in [0.15, 0.2) is 28.2 Å². The zero-order chi connectivity index (χ0) is 17.9. The molecule has 130 valence electrons. The van der Waals surface area contributed by atoms with Gasteiger partial charge < -0.3 is 26.8 Å². The van der Waals surface area contributed by atoms with E-state index in [4.69, 9.17) is 21.9 Å². The Bertz CT molecular complexity index is 675. The Labute approximate surface area is 139 Å². The maximum Gasteiger partial charge on any atom is 0.294 e. The van der Waals surface area contributed by atoms with Crippen molar-refractivity contribution in [3.8, 4) is 0 Å². The van der Waals surface area contributed by atoms with Gasteiger partial charge in [-0.25, -0.2) is 4.99 Å². The molecule has 1 aromatic rings. The number of nitrogens with zero attached hydrogens (tertiary/aromatic N) is 4. The third kappa shape index (κ3) is 4.32. The molecule has 0 aliphatic carbocycles. The van der Waals surface area contributed by atoms with Crippen molar-refractivity contribution in [3.63, 3.8) is 0 Å². The first-order chi connectivity index (χ1) is 11.3. The van der Waals surface area contributed by atoms with E-state index in [1.54, 1.807) is 12.1 Å². The summed E-state index contributed by atoms with van der Waals surface area (Å²) in [5.74, 6) is -0.413. The second-order valence-electron chi connectivity index (χ2n) is 5.60. The minimum Gasteiger partial charge on any atom is -0.372 e. The zero-order valence-corrected chi connectivity index (χ0v) is 13.5.